The van der Waals surface area contributed by atoms with Crippen LogP contribution in [0.4, 0.5) is 0 Å². The molecule has 17 heavy (non-hydrogen) atoms. The molecule has 1 aromatic heterocycles. The quantitative estimate of drug-likeness (QED) is 0.863. The zero-order valence-electron chi connectivity index (χ0n) is 9.30. The highest BCUT2D eigenvalue weighted by molar-refractivity contribution is 5.96. The summed E-state index contributed by atoms with van der Waals surface area (Å²) in [6.07, 6.45) is 0. The lowest BCUT2D eigenvalue weighted by molar-refractivity contribution is 0.0696. The van der Waals surface area contributed by atoms with Gasteiger partial charge in [-0.2, -0.15) is 0 Å². The predicted octanol–water partition coefficient (Wildman–Crippen LogP) is 1.35. The molecular formula is C11H10N2O4. The van der Waals surface area contributed by atoms with Gasteiger partial charge in [-0.05, 0) is 12.1 Å². The SMILES string of the molecule is COc1cc2cc(C(=O)O)cc(OC)c2nn1. The molecule has 0 amide bonds. The zero-order valence-corrected chi connectivity index (χ0v) is 9.30. The van der Waals surface area contributed by atoms with Crippen molar-refractivity contribution < 1.29 is 19.4 Å². The summed E-state index contributed by atoms with van der Waals surface area (Å²) in [5, 5.41) is 17.3. The topological polar surface area (TPSA) is 81.5 Å². The molecule has 0 fully saturated rings. The molecule has 88 valence electrons. The van der Waals surface area contributed by atoms with Crippen LogP contribution in [0.1, 0.15) is 10.4 Å². The molecule has 0 aliphatic rings. The van der Waals surface area contributed by atoms with Gasteiger partial charge in [0.25, 0.3) is 0 Å². The van der Waals surface area contributed by atoms with Crippen molar-refractivity contribution in [2.24, 2.45) is 0 Å². The minimum Gasteiger partial charge on any atom is -0.494 e. The van der Waals surface area contributed by atoms with Gasteiger partial charge in [-0.1, -0.05) is 0 Å². The van der Waals surface area contributed by atoms with Crippen LogP contribution in [0.2, 0.25) is 0 Å². The van der Waals surface area contributed by atoms with Gasteiger partial charge < -0.3 is 14.6 Å². The molecule has 6 heteroatoms. The number of methoxy groups -OCH3 is 2. The van der Waals surface area contributed by atoms with E-state index in [-0.39, 0.29) is 5.56 Å². The van der Waals surface area contributed by atoms with Crippen molar-refractivity contribution >= 4 is 16.9 Å². The standard InChI is InChI=1S/C11H10N2O4/c1-16-8-4-7(11(14)15)3-6-5-9(17-2)12-13-10(6)8/h3-5H,1-2H3,(H,14,15). The smallest absolute Gasteiger partial charge is 0.335 e. The van der Waals surface area contributed by atoms with Crippen molar-refractivity contribution in [3.8, 4) is 11.6 Å². The summed E-state index contributed by atoms with van der Waals surface area (Å²) in [6.45, 7) is 0. The van der Waals surface area contributed by atoms with E-state index in [1.165, 1.54) is 26.4 Å². The highest BCUT2D eigenvalue weighted by atomic mass is 16.5. The van der Waals surface area contributed by atoms with Gasteiger partial charge in [0.05, 0.1) is 19.8 Å². The minimum absolute atomic E-state index is 0.129. The third-order valence-corrected chi connectivity index (χ3v) is 2.31. The monoisotopic (exact) mass is 234 g/mol. The number of carboxylic acid groups (broad SMARTS) is 1. The Morgan fingerprint density at radius 1 is 1.18 bits per heavy atom. The first-order chi connectivity index (χ1) is 8.15. The third kappa shape index (κ3) is 1.96. The molecule has 0 spiro atoms. The fourth-order valence-corrected chi connectivity index (χ4v) is 1.49. The Morgan fingerprint density at radius 2 is 1.94 bits per heavy atom. The number of nitrogens with zero attached hydrogens (tertiary/aromatic N) is 2. The fraction of sp³-hybridized carbons (Fsp3) is 0.182. The molecule has 1 aromatic carbocycles. The van der Waals surface area contributed by atoms with Gasteiger partial charge in [0.15, 0.2) is 0 Å². The van der Waals surface area contributed by atoms with Crippen LogP contribution in [-0.4, -0.2) is 35.5 Å². The van der Waals surface area contributed by atoms with E-state index in [0.717, 1.165) is 0 Å². The van der Waals surface area contributed by atoms with Crippen LogP contribution >= 0.6 is 0 Å². The predicted molar refractivity (Wildman–Crippen MR) is 59.6 cm³/mol. The number of aromatic carboxylic acids is 1. The van der Waals surface area contributed by atoms with Crippen molar-refractivity contribution in [3.63, 3.8) is 0 Å². The number of rotatable bonds is 3. The van der Waals surface area contributed by atoms with Crippen molar-refractivity contribution in [1.82, 2.24) is 10.2 Å². The summed E-state index contributed by atoms with van der Waals surface area (Å²) < 4.78 is 10.0. The number of hydrogen-bond acceptors (Lipinski definition) is 5. The number of carboxylic acids is 1. The van der Waals surface area contributed by atoms with Gasteiger partial charge in [0.1, 0.15) is 11.3 Å². The molecule has 1 heterocycles. The summed E-state index contributed by atoms with van der Waals surface area (Å²) in [4.78, 5) is 10.9. The summed E-state index contributed by atoms with van der Waals surface area (Å²) >= 11 is 0. The molecule has 0 unspecified atom stereocenters. The van der Waals surface area contributed by atoms with Gasteiger partial charge in [0, 0.05) is 11.5 Å². The van der Waals surface area contributed by atoms with Gasteiger partial charge in [-0.15, -0.1) is 10.2 Å². The molecule has 0 bridgehead atoms. The normalized spacial score (nSPS) is 10.2. The number of hydrogen-bond donors (Lipinski definition) is 1. The van der Waals surface area contributed by atoms with Crippen molar-refractivity contribution in [1.29, 1.82) is 0 Å². The average molecular weight is 234 g/mol. The minimum atomic E-state index is -1.03. The first kappa shape index (κ1) is 11.1. The molecule has 0 aliphatic carbocycles. The van der Waals surface area contributed by atoms with Crippen LogP contribution in [0, 0.1) is 0 Å². The van der Waals surface area contributed by atoms with E-state index in [1.807, 2.05) is 0 Å². The number of aromatic nitrogens is 2. The Labute approximate surface area is 96.8 Å². The van der Waals surface area contributed by atoms with E-state index in [0.29, 0.717) is 22.5 Å². The lowest BCUT2D eigenvalue weighted by Gasteiger charge is -2.06. The molecule has 6 nitrogen and oxygen atoms in total. The van der Waals surface area contributed by atoms with Gasteiger partial charge >= 0.3 is 5.97 Å². The molecule has 2 aromatic rings. The van der Waals surface area contributed by atoms with E-state index in [4.69, 9.17) is 14.6 Å². The third-order valence-electron chi connectivity index (χ3n) is 2.31. The summed E-state index contributed by atoms with van der Waals surface area (Å²) in [5.41, 5.74) is 0.628. The maximum Gasteiger partial charge on any atom is 0.335 e. The first-order valence-corrected chi connectivity index (χ1v) is 4.78. The van der Waals surface area contributed by atoms with E-state index in [2.05, 4.69) is 10.2 Å². The number of benzene rings is 1. The number of fused-ring (bicyclic) bond motifs is 1. The molecule has 0 atom stereocenters. The van der Waals surface area contributed by atoms with Gasteiger partial charge in [-0.3, -0.25) is 0 Å². The van der Waals surface area contributed by atoms with Crippen LogP contribution in [0.25, 0.3) is 10.9 Å². The maximum atomic E-state index is 10.9. The Bertz CT molecular complexity index is 583. The van der Waals surface area contributed by atoms with Crippen LogP contribution in [-0.2, 0) is 0 Å². The Morgan fingerprint density at radius 3 is 2.53 bits per heavy atom. The second-order valence-corrected chi connectivity index (χ2v) is 3.31. The highest BCUT2D eigenvalue weighted by Crippen LogP contribution is 2.27. The average Bonchev–Trinajstić information content (AvgIpc) is 2.36. The van der Waals surface area contributed by atoms with Crippen LogP contribution in [0.5, 0.6) is 11.6 Å². The van der Waals surface area contributed by atoms with E-state index < -0.39 is 5.97 Å². The molecule has 1 N–H and O–H groups in total. The van der Waals surface area contributed by atoms with Crippen LogP contribution in [0.3, 0.4) is 0 Å². The lowest BCUT2D eigenvalue weighted by Crippen LogP contribution is -1.99. The Balaban J connectivity index is 2.73. The molecule has 0 radical (unpaired) electrons. The molecule has 0 aliphatic heterocycles. The number of carbonyl (C=O) groups is 1. The molecular weight excluding hydrogens is 224 g/mol. The number of ether oxygens (including phenoxy) is 2. The Kier molecular flexibility index (Phi) is 2.78. The summed E-state index contributed by atoms with van der Waals surface area (Å²) in [6, 6.07) is 4.51. The highest BCUT2D eigenvalue weighted by Gasteiger charge is 2.11. The maximum absolute atomic E-state index is 10.9. The van der Waals surface area contributed by atoms with Gasteiger partial charge in [0.2, 0.25) is 5.88 Å². The second-order valence-electron chi connectivity index (χ2n) is 3.31. The van der Waals surface area contributed by atoms with Crippen molar-refractivity contribution in [2.75, 3.05) is 14.2 Å². The largest absolute Gasteiger partial charge is 0.494 e. The zero-order chi connectivity index (χ0) is 12.4. The van der Waals surface area contributed by atoms with Gasteiger partial charge in [-0.25, -0.2) is 4.79 Å². The van der Waals surface area contributed by atoms with E-state index in [9.17, 15) is 4.79 Å². The Hall–Kier alpha value is -2.37. The molecule has 0 saturated carbocycles. The van der Waals surface area contributed by atoms with E-state index >= 15 is 0 Å². The van der Waals surface area contributed by atoms with Crippen LogP contribution in [0.15, 0.2) is 18.2 Å². The molecule has 0 saturated heterocycles. The molecule has 2 rings (SSSR count). The van der Waals surface area contributed by atoms with Crippen molar-refractivity contribution in [3.05, 3.63) is 23.8 Å². The summed E-state index contributed by atoms with van der Waals surface area (Å²) in [5.74, 6) is -0.335. The van der Waals surface area contributed by atoms with Crippen LogP contribution < -0.4 is 9.47 Å². The lowest BCUT2D eigenvalue weighted by atomic mass is 10.1. The van der Waals surface area contributed by atoms with Crippen molar-refractivity contribution in [2.45, 2.75) is 0 Å². The fourth-order valence-electron chi connectivity index (χ4n) is 1.49. The van der Waals surface area contributed by atoms with E-state index in [1.54, 1.807) is 6.07 Å². The summed E-state index contributed by atoms with van der Waals surface area (Å²) in [7, 11) is 2.92. The first-order valence-electron chi connectivity index (χ1n) is 4.78. The second kappa shape index (κ2) is 4.25.